The summed E-state index contributed by atoms with van der Waals surface area (Å²) in [5, 5.41) is 15.2. The zero-order valence-electron chi connectivity index (χ0n) is 11.3. The fourth-order valence-corrected chi connectivity index (χ4v) is 1.88. The van der Waals surface area contributed by atoms with Crippen molar-refractivity contribution in [1.82, 2.24) is 20.4 Å². The highest BCUT2D eigenvalue weighted by molar-refractivity contribution is 5.76. The molecule has 20 heavy (non-hydrogen) atoms. The molecule has 8 heteroatoms. The van der Waals surface area contributed by atoms with Crippen molar-refractivity contribution >= 4 is 12.0 Å². The fraction of sp³-hybridized carbons (Fsp3) is 0.667. The Labute approximate surface area is 116 Å². The maximum Gasteiger partial charge on any atom is 0.317 e. The number of rotatable bonds is 7. The molecule has 0 aromatic carbocycles. The van der Waals surface area contributed by atoms with Gasteiger partial charge in [-0.25, -0.2) is 4.79 Å². The van der Waals surface area contributed by atoms with E-state index < -0.39 is 5.97 Å². The van der Waals surface area contributed by atoms with Crippen LogP contribution in [0.25, 0.3) is 0 Å². The third-order valence-corrected chi connectivity index (χ3v) is 3.01. The van der Waals surface area contributed by atoms with Crippen LogP contribution in [0, 0.1) is 6.92 Å². The van der Waals surface area contributed by atoms with E-state index >= 15 is 0 Å². The molecule has 1 fully saturated rings. The quantitative estimate of drug-likeness (QED) is 0.756. The minimum atomic E-state index is -0.897. The number of amides is 2. The van der Waals surface area contributed by atoms with Gasteiger partial charge in [-0.05, 0) is 12.8 Å². The number of hydrogen-bond donors (Lipinski definition) is 2. The number of carboxylic acids is 1. The van der Waals surface area contributed by atoms with Gasteiger partial charge in [-0.15, -0.1) is 0 Å². The van der Waals surface area contributed by atoms with Crippen LogP contribution in [0.4, 0.5) is 4.79 Å². The summed E-state index contributed by atoms with van der Waals surface area (Å²) in [7, 11) is 0. The number of aryl methyl sites for hydroxylation is 1. The smallest absolute Gasteiger partial charge is 0.317 e. The van der Waals surface area contributed by atoms with Gasteiger partial charge in [-0.1, -0.05) is 5.16 Å². The topological polar surface area (TPSA) is 109 Å². The van der Waals surface area contributed by atoms with E-state index in [0.717, 1.165) is 12.8 Å². The number of carbonyl (C=O) groups excluding carboxylic acids is 1. The third kappa shape index (κ3) is 4.22. The average Bonchev–Trinajstić information content (AvgIpc) is 3.13. The Kier molecular flexibility index (Phi) is 4.54. The Morgan fingerprint density at radius 3 is 2.80 bits per heavy atom. The van der Waals surface area contributed by atoms with E-state index in [9.17, 15) is 9.59 Å². The lowest BCUT2D eigenvalue weighted by molar-refractivity contribution is -0.137. The predicted octanol–water partition coefficient (Wildman–Crippen LogP) is 0.569. The van der Waals surface area contributed by atoms with E-state index in [2.05, 4.69) is 15.5 Å². The molecule has 1 heterocycles. The van der Waals surface area contributed by atoms with E-state index in [4.69, 9.17) is 9.63 Å². The second kappa shape index (κ2) is 6.36. The first-order chi connectivity index (χ1) is 9.56. The molecule has 2 N–H and O–H groups in total. The Balaban J connectivity index is 1.75. The number of carboxylic acid groups (broad SMARTS) is 1. The van der Waals surface area contributed by atoms with Crippen molar-refractivity contribution < 1.29 is 19.2 Å². The lowest BCUT2D eigenvalue weighted by atomic mass is 10.3. The van der Waals surface area contributed by atoms with Crippen molar-refractivity contribution in [3.05, 3.63) is 11.7 Å². The minimum Gasteiger partial charge on any atom is -0.481 e. The van der Waals surface area contributed by atoms with Crippen molar-refractivity contribution in [2.45, 2.75) is 38.6 Å². The SMILES string of the molecule is Cc1nc(CCNC(=O)N(CCC(=O)O)C2CC2)no1. The first kappa shape index (κ1) is 14.3. The number of aromatic nitrogens is 2. The van der Waals surface area contributed by atoms with Crippen LogP contribution in [0.15, 0.2) is 4.52 Å². The average molecular weight is 282 g/mol. The second-order valence-corrected chi connectivity index (χ2v) is 4.78. The maximum absolute atomic E-state index is 12.0. The van der Waals surface area contributed by atoms with Gasteiger partial charge in [-0.2, -0.15) is 4.98 Å². The molecule has 0 bridgehead atoms. The summed E-state index contributed by atoms with van der Waals surface area (Å²) in [5.74, 6) is 0.143. The van der Waals surface area contributed by atoms with Gasteiger partial charge < -0.3 is 19.8 Å². The summed E-state index contributed by atoms with van der Waals surface area (Å²) in [4.78, 5) is 28.2. The molecule has 0 unspecified atom stereocenters. The highest BCUT2D eigenvalue weighted by Gasteiger charge is 2.32. The van der Waals surface area contributed by atoms with Crippen LogP contribution in [0.2, 0.25) is 0 Å². The molecule has 2 rings (SSSR count). The van der Waals surface area contributed by atoms with Crippen LogP contribution in [-0.4, -0.2) is 51.3 Å². The Bertz CT molecular complexity index is 484. The van der Waals surface area contributed by atoms with Gasteiger partial charge in [0, 0.05) is 32.5 Å². The molecular weight excluding hydrogens is 264 g/mol. The van der Waals surface area contributed by atoms with Gasteiger partial charge in [0.2, 0.25) is 5.89 Å². The maximum atomic E-state index is 12.0. The van der Waals surface area contributed by atoms with E-state index in [0.29, 0.717) is 24.7 Å². The number of urea groups is 1. The highest BCUT2D eigenvalue weighted by atomic mass is 16.5. The van der Waals surface area contributed by atoms with Gasteiger partial charge in [0.25, 0.3) is 0 Å². The predicted molar refractivity (Wildman–Crippen MR) is 68.1 cm³/mol. The molecule has 0 spiro atoms. The van der Waals surface area contributed by atoms with Crippen LogP contribution < -0.4 is 5.32 Å². The zero-order valence-corrected chi connectivity index (χ0v) is 11.3. The van der Waals surface area contributed by atoms with Crippen molar-refractivity contribution in [3.63, 3.8) is 0 Å². The van der Waals surface area contributed by atoms with Crippen molar-refractivity contribution in [1.29, 1.82) is 0 Å². The normalized spacial score (nSPS) is 14.1. The first-order valence-corrected chi connectivity index (χ1v) is 6.61. The summed E-state index contributed by atoms with van der Waals surface area (Å²) >= 11 is 0. The van der Waals surface area contributed by atoms with E-state index in [1.807, 2.05) is 0 Å². The van der Waals surface area contributed by atoms with Gasteiger partial charge in [-0.3, -0.25) is 4.79 Å². The number of nitrogens with one attached hydrogen (secondary N) is 1. The Morgan fingerprint density at radius 2 is 2.25 bits per heavy atom. The summed E-state index contributed by atoms with van der Waals surface area (Å²) in [6.07, 6.45) is 2.34. The van der Waals surface area contributed by atoms with Crippen molar-refractivity contribution in [2.24, 2.45) is 0 Å². The molecule has 1 aromatic heterocycles. The van der Waals surface area contributed by atoms with Crippen LogP contribution in [0.5, 0.6) is 0 Å². The largest absolute Gasteiger partial charge is 0.481 e. The van der Waals surface area contributed by atoms with Crippen LogP contribution >= 0.6 is 0 Å². The molecule has 1 aromatic rings. The third-order valence-electron chi connectivity index (χ3n) is 3.01. The lowest BCUT2D eigenvalue weighted by Crippen LogP contribution is -2.43. The van der Waals surface area contributed by atoms with Crippen LogP contribution in [-0.2, 0) is 11.2 Å². The molecule has 8 nitrogen and oxygen atoms in total. The van der Waals surface area contributed by atoms with Gasteiger partial charge in [0.05, 0.1) is 6.42 Å². The fourth-order valence-electron chi connectivity index (χ4n) is 1.88. The minimum absolute atomic E-state index is 0.0338. The van der Waals surface area contributed by atoms with Crippen LogP contribution in [0.3, 0.4) is 0 Å². The number of hydrogen-bond acceptors (Lipinski definition) is 5. The molecule has 1 aliphatic carbocycles. The summed E-state index contributed by atoms with van der Waals surface area (Å²) < 4.78 is 4.83. The van der Waals surface area contributed by atoms with Crippen molar-refractivity contribution in [3.8, 4) is 0 Å². The van der Waals surface area contributed by atoms with Gasteiger partial charge in [0.1, 0.15) is 0 Å². The molecule has 0 atom stereocenters. The van der Waals surface area contributed by atoms with Gasteiger partial charge in [0.15, 0.2) is 5.82 Å². The lowest BCUT2D eigenvalue weighted by Gasteiger charge is -2.21. The van der Waals surface area contributed by atoms with E-state index in [-0.39, 0.29) is 25.0 Å². The molecule has 2 amide bonds. The zero-order chi connectivity index (χ0) is 14.5. The van der Waals surface area contributed by atoms with Crippen LogP contribution in [0.1, 0.15) is 31.0 Å². The van der Waals surface area contributed by atoms with E-state index in [1.54, 1.807) is 11.8 Å². The monoisotopic (exact) mass is 282 g/mol. The highest BCUT2D eigenvalue weighted by Crippen LogP contribution is 2.26. The Hall–Kier alpha value is -2.12. The molecular formula is C12H18N4O4. The number of carbonyl (C=O) groups is 2. The van der Waals surface area contributed by atoms with E-state index in [1.165, 1.54) is 0 Å². The number of nitrogens with zero attached hydrogens (tertiary/aromatic N) is 3. The summed E-state index contributed by atoms with van der Waals surface area (Å²) in [6, 6.07) is -0.0456. The van der Waals surface area contributed by atoms with Gasteiger partial charge >= 0.3 is 12.0 Å². The standard InChI is InChI=1S/C12H18N4O4/c1-8-14-10(15-20-8)4-6-13-12(19)16(9-2-3-9)7-5-11(17)18/h9H,2-7H2,1H3,(H,13,19)(H,17,18). The molecule has 110 valence electrons. The Morgan fingerprint density at radius 1 is 1.50 bits per heavy atom. The molecule has 1 aliphatic rings. The molecule has 0 aliphatic heterocycles. The second-order valence-electron chi connectivity index (χ2n) is 4.78. The molecule has 0 saturated heterocycles. The first-order valence-electron chi connectivity index (χ1n) is 6.61. The summed E-state index contributed by atoms with van der Waals surface area (Å²) in [5.41, 5.74) is 0. The molecule has 0 radical (unpaired) electrons. The number of aliphatic carboxylic acids is 1. The summed E-state index contributed by atoms with van der Waals surface area (Å²) in [6.45, 7) is 2.34. The molecule has 1 saturated carbocycles. The van der Waals surface area contributed by atoms with Crippen molar-refractivity contribution in [2.75, 3.05) is 13.1 Å².